The van der Waals surface area contributed by atoms with Gasteiger partial charge in [0.2, 0.25) is 0 Å². The number of rotatable bonds is 13. The molecule has 1 unspecified atom stereocenters. The van der Waals surface area contributed by atoms with E-state index in [-0.39, 0.29) is 12.3 Å². The highest BCUT2D eigenvalue weighted by Gasteiger charge is 2.42. The van der Waals surface area contributed by atoms with Crippen LogP contribution in [0.1, 0.15) is 26.2 Å². The molecule has 1 aromatic rings. The molecule has 0 aromatic heterocycles. The Labute approximate surface area is 179 Å². The van der Waals surface area contributed by atoms with Crippen LogP contribution < -0.4 is 10.1 Å². The average Bonchev–Trinajstić information content (AvgIpc) is 3.50. The SMILES string of the molecule is CC#C[C@H](NCC(CSCCC1CC1)C(=O)O)C(F)(F)Oc1ccc(SC)cc1. The van der Waals surface area contributed by atoms with Gasteiger partial charge in [-0.2, -0.15) is 20.5 Å². The number of carbonyl (C=O) groups is 1. The second kappa shape index (κ2) is 11.7. The Morgan fingerprint density at radius 3 is 2.62 bits per heavy atom. The maximum absolute atomic E-state index is 14.7. The van der Waals surface area contributed by atoms with Gasteiger partial charge < -0.3 is 9.84 Å². The number of ether oxygens (including phenoxy) is 1. The van der Waals surface area contributed by atoms with Crippen LogP contribution in [0, 0.1) is 23.7 Å². The van der Waals surface area contributed by atoms with E-state index in [2.05, 4.69) is 17.2 Å². The molecule has 0 spiro atoms. The molecule has 29 heavy (non-hydrogen) atoms. The van der Waals surface area contributed by atoms with Crippen molar-refractivity contribution in [2.75, 3.05) is 24.3 Å². The molecule has 1 fully saturated rings. The maximum Gasteiger partial charge on any atom is 0.425 e. The molecule has 2 atom stereocenters. The van der Waals surface area contributed by atoms with E-state index < -0.39 is 24.0 Å². The summed E-state index contributed by atoms with van der Waals surface area (Å²) in [5.41, 5.74) is 0. The molecule has 2 rings (SSSR count). The Bertz CT molecular complexity index is 715. The smallest absolute Gasteiger partial charge is 0.425 e. The highest BCUT2D eigenvalue weighted by Crippen LogP contribution is 2.33. The summed E-state index contributed by atoms with van der Waals surface area (Å²) in [6, 6.07) is 4.75. The Morgan fingerprint density at radius 1 is 1.38 bits per heavy atom. The van der Waals surface area contributed by atoms with Crippen molar-refractivity contribution in [1.29, 1.82) is 0 Å². The largest absolute Gasteiger partial charge is 0.481 e. The first-order valence-corrected chi connectivity index (χ1v) is 11.9. The zero-order valence-electron chi connectivity index (χ0n) is 16.6. The molecule has 2 N–H and O–H groups in total. The maximum atomic E-state index is 14.7. The van der Waals surface area contributed by atoms with E-state index in [1.54, 1.807) is 23.9 Å². The van der Waals surface area contributed by atoms with Crippen molar-refractivity contribution in [1.82, 2.24) is 5.32 Å². The van der Waals surface area contributed by atoms with Crippen molar-refractivity contribution in [3.8, 4) is 17.6 Å². The third-order valence-electron chi connectivity index (χ3n) is 4.54. The van der Waals surface area contributed by atoms with Crippen LogP contribution in [-0.4, -0.2) is 47.5 Å². The van der Waals surface area contributed by atoms with Crippen molar-refractivity contribution < 1.29 is 23.4 Å². The molecule has 8 heteroatoms. The summed E-state index contributed by atoms with van der Waals surface area (Å²) >= 11 is 3.06. The van der Waals surface area contributed by atoms with Gasteiger partial charge in [0.1, 0.15) is 5.75 Å². The van der Waals surface area contributed by atoms with Gasteiger partial charge in [0, 0.05) is 17.2 Å². The van der Waals surface area contributed by atoms with Crippen LogP contribution in [0.15, 0.2) is 29.2 Å². The van der Waals surface area contributed by atoms with E-state index in [0.29, 0.717) is 5.75 Å². The lowest BCUT2D eigenvalue weighted by atomic mass is 10.1. The van der Waals surface area contributed by atoms with Gasteiger partial charge in [0.25, 0.3) is 0 Å². The van der Waals surface area contributed by atoms with Crippen LogP contribution in [0.3, 0.4) is 0 Å². The monoisotopic (exact) mass is 443 g/mol. The zero-order valence-corrected chi connectivity index (χ0v) is 18.3. The Hall–Kier alpha value is -1.43. The summed E-state index contributed by atoms with van der Waals surface area (Å²) in [5, 5.41) is 12.0. The van der Waals surface area contributed by atoms with Gasteiger partial charge in [0.05, 0.1) is 5.92 Å². The van der Waals surface area contributed by atoms with Crippen molar-refractivity contribution in [3.63, 3.8) is 0 Å². The fourth-order valence-corrected chi connectivity index (χ4v) is 4.24. The van der Waals surface area contributed by atoms with Crippen LogP contribution in [0.2, 0.25) is 0 Å². The number of aliphatic carboxylic acids is 1. The standard InChI is InChI=1S/C21H27F2NO3S2/c1-3-4-19(21(22,23)27-17-7-9-18(28-2)10-8-17)24-13-16(20(25)26)14-29-12-11-15-5-6-15/h7-10,15-16,19,24H,5-6,11-14H2,1-2H3,(H,25,26)/t16?,19-/m0/s1. The minimum absolute atomic E-state index is 0.0305. The lowest BCUT2D eigenvalue weighted by Crippen LogP contribution is -2.50. The van der Waals surface area contributed by atoms with Gasteiger partial charge in [-0.25, -0.2) is 0 Å². The van der Waals surface area contributed by atoms with Crippen LogP contribution in [0.5, 0.6) is 5.75 Å². The van der Waals surface area contributed by atoms with Crippen LogP contribution in [-0.2, 0) is 4.79 Å². The Kier molecular flexibility index (Phi) is 9.60. The second-order valence-corrected chi connectivity index (χ2v) is 8.95. The van der Waals surface area contributed by atoms with Crippen LogP contribution >= 0.6 is 23.5 Å². The number of hydrogen-bond acceptors (Lipinski definition) is 5. The second-order valence-electron chi connectivity index (χ2n) is 6.92. The number of nitrogens with one attached hydrogen (secondary N) is 1. The van der Waals surface area contributed by atoms with Crippen LogP contribution in [0.4, 0.5) is 8.78 Å². The predicted molar refractivity (Wildman–Crippen MR) is 115 cm³/mol. The Balaban J connectivity index is 1.91. The molecule has 160 valence electrons. The third-order valence-corrected chi connectivity index (χ3v) is 6.45. The normalized spacial score (nSPS) is 15.9. The lowest BCUT2D eigenvalue weighted by Gasteiger charge is -2.25. The summed E-state index contributed by atoms with van der Waals surface area (Å²) in [4.78, 5) is 12.4. The Morgan fingerprint density at radius 2 is 2.07 bits per heavy atom. The minimum Gasteiger partial charge on any atom is -0.481 e. The average molecular weight is 444 g/mol. The molecule has 1 saturated carbocycles. The van der Waals surface area contributed by atoms with Gasteiger partial charge in [-0.15, -0.1) is 17.7 Å². The quantitative estimate of drug-likeness (QED) is 0.264. The molecule has 1 aromatic carbocycles. The van der Waals surface area contributed by atoms with E-state index in [9.17, 15) is 18.7 Å². The third kappa shape index (κ3) is 8.45. The molecule has 0 aliphatic heterocycles. The summed E-state index contributed by atoms with van der Waals surface area (Å²) in [5.74, 6) is 5.21. The van der Waals surface area contributed by atoms with Crippen molar-refractivity contribution in [2.45, 2.75) is 43.2 Å². The topological polar surface area (TPSA) is 58.6 Å². The minimum atomic E-state index is -3.61. The first-order chi connectivity index (χ1) is 13.9. The van der Waals surface area contributed by atoms with E-state index in [0.717, 1.165) is 23.0 Å². The number of halogens is 2. The fraction of sp³-hybridized carbons (Fsp3) is 0.571. The van der Waals surface area contributed by atoms with Crippen LogP contribution in [0.25, 0.3) is 0 Å². The molecule has 0 radical (unpaired) electrons. The number of thioether (sulfide) groups is 2. The lowest BCUT2D eigenvalue weighted by molar-refractivity contribution is -0.187. The molecular formula is C21H27F2NO3S2. The first-order valence-electron chi connectivity index (χ1n) is 9.52. The van der Waals surface area contributed by atoms with E-state index in [4.69, 9.17) is 4.74 Å². The highest BCUT2D eigenvalue weighted by atomic mass is 32.2. The predicted octanol–water partition coefficient (Wildman–Crippen LogP) is 4.60. The fourth-order valence-electron chi connectivity index (χ4n) is 2.62. The summed E-state index contributed by atoms with van der Waals surface area (Å²) in [7, 11) is 0. The molecule has 0 bridgehead atoms. The van der Waals surface area contributed by atoms with E-state index in [1.165, 1.54) is 43.7 Å². The van der Waals surface area contributed by atoms with Gasteiger partial charge in [-0.1, -0.05) is 18.8 Å². The number of carboxylic acid groups (broad SMARTS) is 1. The summed E-state index contributed by atoms with van der Waals surface area (Å²) < 4.78 is 34.2. The zero-order chi connectivity index (χ0) is 21.3. The molecule has 0 saturated heterocycles. The van der Waals surface area contributed by atoms with E-state index in [1.807, 2.05) is 6.26 Å². The highest BCUT2D eigenvalue weighted by molar-refractivity contribution is 7.99. The number of benzene rings is 1. The van der Waals surface area contributed by atoms with Crippen molar-refractivity contribution in [3.05, 3.63) is 24.3 Å². The molecule has 0 amide bonds. The summed E-state index contributed by atoms with van der Waals surface area (Å²) in [6.45, 7) is 1.36. The molecule has 1 aliphatic carbocycles. The number of hydrogen-bond donors (Lipinski definition) is 2. The van der Waals surface area contributed by atoms with Crippen molar-refractivity contribution >= 4 is 29.5 Å². The van der Waals surface area contributed by atoms with Gasteiger partial charge in [-0.05, 0) is 55.5 Å². The molecular weight excluding hydrogens is 416 g/mol. The summed E-state index contributed by atoms with van der Waals surface area (Å²) in [6.07, 6.45) is 1.90. The van der Waals surface area contributed by atoms with Gasteiger partial charge in [0.15, 0.2) is 6.04 Å². The number of carboxylic acids is 1. The van der Waals surface area contributed by atoms with Crippen molar-refractivity contribution in [2.24, 2.45) is 11.8 Å². The molecule has 1 aliphatic rings. The van der Waals surface area contributed by atoms with Gasteiger partial charge in [-0.3, -0.25) is 10.1 Å². The van der Waals surface area contributed by atoms with Gasteiger partial charge >= 0.3 is 12.1 Å². The van der Waals surface area contributed by atoms with E-state index >= 15 is 0 Å². The molecule has 0 heterocycles. The first kappa shape index (κ1) is 23.8. The molecule has 4 nitrogen and oxygen atoms in total. The number of alkyl halides is 2.